The van der Waals surface area contributed by atoms with Gasteiger partial charge in [-0.2, -0.15) is 0 Å². The van der Waals surface area contributed by atoms with Gasteiger partial charge in [-0.25, -0.2) is 4.98 Å². The summed E-state index contributed by atoms with van der Waals surface area (Å²) in [5.41, 5.74) is 11.6. The van der Waals surface area contributed by atoms with Gasteiger partial charge in [-0.15, -0.1) is 11.3 Å². The number of nitrogens with zero attached hydrogens (tertiary/aromatic N) is 1. The van der Waals surface area contributed by atoms with E-state index < -0.39 is 0 Å². The standard InChI is InChI=1S/C24H36N2S/c1-3-5-6-9-20-16-21(13-12-19(20)4-2)23-17-27-24(26-23)15-18-8-7-10-22(25)14-11-18/h12-13,16-18,22H,3-11,14-15,25H2,1-2H3. The van der Waals surface area contributed by atoms with Crippen LogP contribution in [0.1, 0.15) is 81.3 Å². The fourth-order valence-electron chi connectivity index (χ4n) is 4.32. The molecule has 0 aliphatic heterocycles. The van der Waals surface area contributed by atoms with Crippen molar-refractivity contribution in [2.75, 3.05) is 0 Å². The van der Waals surface area contributed by atoms with Crippen molar-refractivity contribution in [1.29, 1.82) is 0 Å². The summed E-state index contributed by atoms with van der Waals surface area (Å²) in [5.74, 6) is 0.768. The molecule has 0 spiro atoms. The van der Waals surface area contributed by atoms with Gasteiger partial charge in [0.25, 0.3) is 0 Å². The lowest BCUT2D eigenvalue weighted by molar-refractivity contribution is 0.453. The summed E-state index contributed by atoms with van der Waals surface area (Å²) < 4.78 is 0. The van der Waals surface area contributed by atoms with Crippen molar-refractivity contribution >= 4 is 11.3 Å². The zero-order valence-corrected chi connectivity index (χ0v) is 18.0. The molecule has 1 aliphatic carbocycles. The third kappa shape index (κ3) is 5.89. The molecule has 0 saturated heterocycles. The normalized spacial score (nSPS) is 20.6. The van der Waals surface area contributed by atoms with E-state index in [2.05, 4.69) is 37.4 Å². The lowest BCUT2D eigenvalue weighted by atomic mass is 9.96. The second kappa shape index (κ2) is 10.4. The number of rotatable bonds is 8. The summed E-state index contributed by atoms with van der Waals surface area (Å²) in [6, 6.07) is 7.41. The van der Waals surface area contributed by atoms with Gasteiger partial charge >= 0.3 is 0 Å². The Morgan fingerprint density at radius 1 is 1.07 bits per heavy atom. The number of nitrogens with two attached hydrogens (primary N) is 1. The Hall–Kier alpha value is -1.19. The minimum atomic E-state index is 0.421. The van der Waals surface area contributed by atoms with Crippen molar-refractivity contribution in [2.24, 2.45) is 11.7 Å². The van der Waals surface area contributed by atoms with Crippen LogP contribution in [0.5, 0.6) is 0 Å². The average Bonchev–Trinajstić information content (AvgIpc) is 3.05. The quantitative estimate of drug-likeness (QED) is 0.414. The molecule has 2 N–H and O–H groups in total. The fourth-order valence-corrected chi connectivity index (χ4v) is 5.24. The van der Waals surface area contributed by atoms with Crippen molar-refractivity contribution in [3.05, 3.63) is 39.7 Å². The Labute approximate surface area is 169 Å². The molecule has 0 radical (unpaired) electrons. The van der Waals surface area contributed by atoms with Crippen molar-refractivity contribution in [3.8, 4) is 11.3 Å². The van der Waals surface area contributed by atoms with E-state index in [4.69, 9.17) is 10.7 Å². The molecule has 2 aromatic rings. The van der Waals surface area contributed by atoms with Crippen molar-refractivity contribution in [3.63, 3.8) is 0 Å². The van der Waals surface area contributed by atoms with Gasteiger partial charge in [0.05, 0.1) is 10.7 Å². The smallest absolute Gasteiger partial charge is 0.0935 e. The molecule has 1 heterocycles. The van der Waals surface area contributed by atoms with Crippen LogP contribution in [-0.4, -0.2) is 11.0 Å². The van der Waals surface area contributed by atoms with Crippen LogP contribution in [0, 0.1) is 5.92 Å². The number of benzene rings is 1. The number of hydrogen-bond donors (Lipinski definition) is 1. The van der Waals surface area contributed by atoms with Gasteiger partial charge in [-0.3, -0.25) is 0 Å². The number of hydrogen-bond acceptors (Lipinski definition) is 3. The maximum absolute atomic E-state index is 6.14. The highest BCUT2D eigenvalue weighted by molar-refractivity contribution is 7.09. The summed E-state index contributed by atoms with van der Waals surface area (Å²) >= 11 is 1.84. The summed E-state index contributed by atoms with van der Waals surface area (Å²) in [6.07, 6.45) is 13.6. The van der Waals surface area contributed by atoms with Gasteiger partial charge in [-0.05, 0) is 68.1 Å². The molecule has 3 heteroatoms. The molecule has 2 atom stereocenters. The van der Waals surface area contributed by atoms with Crippen molar-refractivity contribution < 1.29 is 0 Å². The second-order valence-electron chi connectivity index (χ2n) is 8.26. The molecule has 148 valence electrons. The molecule has 1 aliphatic rings. The predicted molar refractivity (Wildman–Crippen MR) is 118 cm³/mol. The minimum absolute atomic E-state index is 0.421. The Kier molecular flexibility index (Phi) is 7.90. The zero-order valence-electron chi connectivity index (χ0n) is 17.2. The van der Waals surface area contributed by atoms with Gasteiger partial charge in [0.15, 0.2) is 0 Å². The maximum Gasteiger partial charge on any atom is 0.0935 e. The van der Waals surface area contributed by atoms with Gasteiger partial charge in [-0.1, -0.05) is 45.2 Å². The molecule has 0 bridgehead atoms. The van der Waals surface area contributed by atoms with Gasteiger partial charge in [0.1, 0.15) is 0 Å². The van der Waals surface area contributed by atoms with E-state index in [0.29, 0.717) is 6.04 Å². The predicted octanol–water partition coefficient (Wildman–Crippen LogP) is 6.56. The minimum Gasteiger partial charge on any atom is -0.328 e. The molecule has 2 nitrogen and oxygen atoms in total. The SMILES string of the molecule is CCCCCc1cc(-c2csc(CC3CCCC(N)CC3)n2)ccc1CC. The molecule has 1 aromatic heterocycles. The molecular weight excluding hydrogens is 348 g/mol. The van der Waals surface area contributed by atoms with Gasteiger partial charge in [0.2, 0.25) is 0 Å². The van der Waals surface area contributed by atoms with Crippen LogP contribution in [0.25, 0.3) is 11.3 Å². The number of aromatic nitrogens is 1. The highest BCUT2D eigenvalue weighted by Gasteiger charge is 2.18. The van der Waals surface area contributed by atoms with E-state index in [1.165, 1.54) is 85.2 Å². The summed E-state index contributed by atoms with van der Waals surface area (Å²) in [5, 5.41) is 3.56. The van der Waals surface area contributed by atoms with Crippen LogP contribution in [0.3, 0.4) is 0 Å². The molecule has 27 heavy (non-hydrogen) atoms. The first-order valence-corrected chi connectivity index (χ1v) is 11.9. The highest BCUT2D eigenvalue weighted by atomic mass is 32.1. The van der Waals surface area contributed by atoms with E-state index in [1.54, 1.807) is 0 Å². The van der Waals surface area contributed by atoms with Crippen LogP contribution in [0.4, 0.5) is 0 Å². The molecule has 1 saturated carbocycles. The van der Waals surface area contributed by atoms with Crippen LogP contribution < -0.4 is 5.73 Å². The zero-order chi connectivity index (χ0) is 19.1. The molecule has 0 amide bonds. The number of unbranched alkanes of at least 4 members (excludes halogenated alkanes) is 2. The number of aryl methyl sites for hydroxylation is 2. The first-order chi connectivity index (χ1) is 13.2. The van der Waals surface area contributed by atoms with E-state index in [1.807, 2.05) is 11.3 Å². The molecule has 3 rings (SSSR count). The second-order valence-corrected chi connectivity index (χ2v) is 9.20. The molecule has 1 fully saturated rings. The Bertz CT molecular complexity index is 706. The average molecular weight is 385 g/mol. The Morgan fingerprint density at radius 2 is 1.96 bits per heavy atom. The Morgan fingerprint density at radius 3 is 2.78 bits per heavy atom. The van der Waals surface area contributed by atoms with Crippen molar-refractivity contribution in [1.82, 2.24) is 4.98 Å². The van der Waals surface area contributed by atoms with Crippen LogP contribution in [-0.2, 0) is 19.3 Å². The molecule has 2 unspecified atom stereocenters. The monoisotopic (exact) mass is 384 g/mol. The first-order valence-electron chi connectivity index (χ1n) is 11.0. The maximum atomic E-state index is 6.14. The lowest BCUT2D eigenvalue weighted by Crippen LogP contribution is -2.18. The van der Waals surface area contributed by atoms with E-state index in [0.717, 1.165) is 18.8 Å². The molecule has 1 aromatic carbocycles. The topological polar surface area (TPSA) is 38.9 Å². The summed E-state index contributed by atoms with van der Waals surface area (Å²) in [6.45, 7) is 4.54. The third-order valence-electron chi connectivity index (χ3n) is 6.08. The first kappa shape index (κ1) is 20.5. The fraction of sp³-hybridized carbons (Fsp3) is 0.625. The molecular formula is C24H36N2S. The van der Waals surface area contributed by atoms with Gasteiger partial charge in [0, 0.05) is 23.4 Å². The summed E-state index contributed by atoms with van der Waals surface area (Å²) in [7, 11) is 0. The van der Waals surface area contributed by atoms with E-state index in [-0.39, 0.29) is 0 Å². The summed E-state index contributed by atoms with van der Waals surface area (Å²) in [4.78, 5) is 5.00. The van der Waals surface area contributed by atoms with Gasteiger partial charge < -0.3 is 5.73 Å². The van der Waals surface area contributed by atoms with Crippen LogP contribution >= 0.6 is 11.3 Å². The van der Waals surface area contributed by atoms with Crippen LogP contribution in [0.15, 0.2) is 23.6 Å². The Balaban J connectivity index is 1.68. The third-order valence-corrected chi connectivity index (χ3v) is 6.95. The largest absolute Gasteiger partial charge is 0.328 e. The van der Waals surface area contributed by atoms with E-state index in [9.17, 15) is 0 Å². The van der Waals surface area contributed by atoms with Crippen LogP contribution in [0.2, 0.25) is 0 Å². The lowest BCUT2D eigenvalue weighted by Gasteiger charge is -2.12. The highest BCUT2D eigenvalue weighted by Crippen LogP contribution is 2.30. The number of thiazole rings is 1. The van der Waals surface area contributed by atoms with Crippen molar-refractivity contribution in [2.45, 2.75) is 90.5 Å². The van der Waals surface area contributed by atoms with E-state index >= 15 is 0 Å².